The van der Waals surface area contributed by atoms with Gasteiger partial charge in [-0.25, -0.2) is 14.2 Å². The van der Waals surface area contributed by atoms with Crippen LogP contribution in [-0.2, 0) is 6.54 Å². The summed E-state index contributed by atoms with van der Waals surface area (Å²) in [6, 6.07) is 4.25. The minimum absolute atomic E-state index is 0.0766. The van der Waals surface area contributed by atoms with Gasteiger partial charge in [0.15, 0.2) is 11.0 Å². The highest BCUT2D eigenvalue weighted by molar-refractivity contribution is 6.36. The zero-order valence-corrected chi connectivity index (χ0v) is 15.2. The standard InChI is InChI=1S/C16H14Cl2FN3O4/c1-25-9-4-3-8(11(5-9)26-2)6-21-16(24)22-15(23)10-7-20-14(18)13(19)12(10)17/h3-5,7H,6H2,1-2H3,(H2,21,22,23,24). The van der Waals surface area contributed by atoms with Crippen molar-refractivity contribution in [2.75, 3.05) is 14.2 Å². The maximum absolute atomic E-state index is 13.6. The highest BCUT2D eigenvalue weighted by Gasteiger charge is 2.19. The molecule has 138 valence electrons. The van der Waals surface area contributed by atoms with Gasteiger partial charge >= 0.3 is 6.03 Å². The predicted octanol–water partition coefficient (Wildman–Crippen LogP) is 3.18. The summed E-state index contributed by atoms with van der Waals surface area (Å²) < 4.78 is 23.9. The molecule has 0 spiro atoms. The number of imide groups is 1. The first kappa shape index (κ1) is 19.7. The average molecular weight is 402 g/mol. The zero-order valence-electron chi connectivity index (χ0n) is 13.7. The monoisotopic (exact) mass is 401 g/mol. The Kier molecular flexibility index (Phi) is 6.59. The quantitative estimate of drug-likeness (QED) is 0.750. The van der Waals surface area contributed by atoms with E-state index in [0.717, 1.165) is 6.20 Å². The Balaban J connectivity index is 2.01. The van der Waals surface area contributed by atoms with Crippen LogP contribution in [-0.4, -0.2) is 31.1 Å². The lowest BCUT2D eigenvalue weighted by Crippen LogP contribution is -2.39. The highest BCUT2D eigenvalue weighted by atomic mass is 35.5. The van der Waals surface area contributed by atoms with Crippen LogP contribution in [0.15, 0.2) is 24.4 Å². The van der Waals surface area contributed by atoms with Gasteiger partial charge in [-0.3, -0.25) is 10.1 Å². The SMILES string of the molecule is COc1ccc(CNC(=O)NC(=O)c2cnc(Cl)c(F)c2Cl)c(OC)c1. The van der Waals surface area contributed by atoms with Gasteiger partial charge in [-0.2, -0.15) is 0 Å². The molecule has 0 radical (unpaired) electrons. The number of hydrogen-bond acceptors (Lipinski definition) is 5. The van der Waals surface area contributed by atoms with Crippen LogP contribution < -0.4 is 20.1 Å². The normalized spacial score (nSPS) is 10.2. The Bertz CT molecular complexity index is 848. The summed E-state index contributed by atoms with van der Waals surface area (Å²) in [4.78, 5) is 27.4. The van der Waals surface area contributed by atoms with E-state index in [0.29, 0.717) is 17.1 Å². The molecule has 0 saturated carbocycles. The number of hydrogen-bond donors (Lipinski definition) is 2. The summed E-state index contributed by atoms with van der Waals surface area (Å²) in [5, 5.41) is 3.52. The minimum atomic E-state index is -1.04. The molecule has 0 saturated heterocycles. The first-order chi connectivity index (χ1) is 12.4. The molecule has 2 rings (SSSR count). The molecule has 0 aliphatic rings. The maximum atomic E-state index is 13.6. The van der Waals surface area contributed by atoms with Crippen LogP contribution in [0.2, 0.25) is 10.2 Å². The van der Waals surface area contributed by atoms with Crippen LogP contribution in [0.25, 0.3) is 0 Å². The van der Waals surface area contributed by atoms with Crippen molar-refractivity contribution in [1.82, 2.24) is 15.6 Å². The number of pyridine rings is 1. The molecule has 3 amide bonds. The van der Waals surface area contributed by atoms with Crippen LogP contribution in [0.4, 0.5) is 9.18 Å². The summed E-state index contributed by atoms with van der Waals surface area (Å²) in [5.41, 5.74) is 0.346. The molecular formula is C16H14Cl2FN3O4. The second kappa shape index (κ2) is 8.68. The van der Waals surface area contributed by atoms with Gasteiger partial charge in [0.2, 0.25) is 0 Å². The van der Waals surface area contributed by atoms with Crippen LogP contribution in [0.3, 0.4) is 0 Å². The van der Waals surface area contributed by atoms with E-state index in [2.05, 4.69) is 10.3 Å². The van der Waals surface area contributed by atoms with E-state index >= 15 is 0 Å². The lowest BCUT2D eigenvalue weighted by molar-refractivity contribution is 0.0963. The molecule has 2 N–H and O–H groups in total. The number of methoxy groups -OCH3 is 2. The fraction of sp³-hybridized carbons (Fsp3) is 0.188. The molecule has 0 aliphatic carbocycles. The first-order valence-electron chi connectivity index (χ1n) is 7.17. The van der Waals surface area contributed by atoms with E-state index in [-0.39, 0.29) is 12.1 Å². The zero-order chi connectivity index (χ0) is 19.3. The van der Waals surface area contributed by atoms with E-state index < -0.39 is 27.9 Å². The number of ether oxygens (including phenoxy) is 2. The Hall–Kier alpha value is -2.58. The lowest BCUT2D eigenvalue weighted by Gasteiger charge is -2.12. The molecule has 10 heteroatoms. The molecule has 1 heterocycles. The summed E-state index contributed by atoms with van der Waals surface area (Å²) >= 11 is 11.2. The molecule has 1 aromatic carbocycles. The third kappa shape index (κ3) is 4.53. The van der Waals surface area contributed by atoms with Gasteiger partial charge in [-0.1, -0.05) is 23.2 Å². The number of carbonyl (C=O) groups excluding carboxylic acids is 2. The van der Waals surface area contributed by atoms with Crippen molar-refractivity contribution in [2.24, 2.45) is 0 Å². The molecular weight excluding hydrogens is 388 g/mol. The number of rotatable bonds is 5. The maximum Gasteiger partial charge on any atom is 0.321 e. The molecule has 1 aromatic heterocycles. The van der Waals surface area contributed by atoms with E-state index in [4.69, 9.17) is 32.7 Å². The third-order valence-corrected chi connectivity index (χ3v) is 3.96. The third-order valence-electron chi connectivity index (χ3n) is 3.32. The average Bonchev–Trinajstić information content (AvgIpc) is 2.64. The lowest BCUT2D eigenvalue weighted by atomic mass is 10.2. The Morgan fingerprint density at radius 3 is 2.62 bits per heavy atom. The van der Waals surface area contributed by atoms with Gasteiger partial charge in [-0.15, -0.1) is 0 Å². The number of amides is 3. The number of benzene rings is 1. The number of urea groups is 1. The predicted molar refractivity (Wildman–Crippen MR) is 93.5 cm³/mol. The summed E-state index contributed by atoms with van der Waals surface area (Å²) in [6.07, 6.45) is 0.975. The number of carbonyl (C=O) groups is 2. The van der Waals surface area contributed by atoms with Crippen LogP contribution >= 0.6 is 23.2 Å². The molecule has 26 heavy (non-hydrogen) atoms. The van der Waals surface area contributed by atoms with Crippen molar-refractivity contribution in [3.63, 3.8) is 0 Å². The molecule has 2 aromatic rings. The molecule has 0 fully saturated rings. The van der Waals surface area contributed by atoms with Crippen LogP contribution in [0.5, 0.6) is 11.5 Å². The second-order valence-corrected chi connectivity index (χ2v) is 5.64. The Morgan fingerprint density at radius 2 is 1.96 bits per heavy atom. The summed E-state index contributed by atoms with van der Waals surface area (Å²) in [5.74, 6) is -0.859. The van der Waals surface area contributed by atoms with Gasteiger partial charge in [0.1, 0.15) is 11.5 Å². The molecule has 0 bridgehead atoms. The van der Waals surface area contributed by atoms with E-state index in [9.17, 15) is 14.0 Å². The van der Waals surface area contributed by atoms with Crippen molar-refractivity contribution in [2.45, 2.75) is 6.54 Å². The fourth-order valence-electron chi connectivity index (χ4n) is 1.99. The minimum Gasteiger partial charge on any atom is -0.497 e. The topological polar surface area (TPSA) is 89.6 Å². The van der Waals surface area contributed by atoms with Crippen LogP contribution in [0.1, 0.15) is 15.9 Å². The van der Waals surface area contributed by atoms with Gasteiger partial charge in [0, 0.05) is 24.4 Å². The van der Waals surface area contributed by atoms with Crippen molar-refractivity contribution in [3.05, 3.63) is 51.5 Å². The summed E-state index contributed by atoms with van der Waals surface area (Å²) in [7, 11) is 3.00. The largest absolute Gasteiger partial charge is 0.497 e. The molecule has 0 atom stereocenters. The smallest absolute Gasteiger partial charge is 0.321 e. The highest BCUT2D eigenvalue weighted by Crippen LogP contribution is 2.25. The fourth-order valence-corrected chi connectivity index (χ4v) is 2.41. The van der Waals surface area contributed by atoms with Gasteiger partial charge in [0.05, 0.1) is 24.8 Å². The van der Waals surface area contributed by atoms with Gasteiger partial charge in [-0.05, 0) is 12.1 Å². The van der Waals surface area contributed by atoms with Crippen molar-refractivity contribution in [3.8, 4) is 11.5 Å². The Labute approximate surface area is 158 Å². The molecule has 7 nitrogen and oxygen atoms in total. The van der Waals surface area contributed by atoms with Crippen molar-refractivity contribution >= 4 is 35.1 Å². The van der Waals surface area contributed by atoms with Gasteiger partial charge in [0.25, 0.3) is 5.91 Å². The summed E-state index contributed by atoms with van der Waals surface area (Å²) in [6.45, 7) is 0.0766. The van der Waals surface area contributed by atoms with E-state index in [1.165, 1.54) is 14.2 Å². The van der Waals surface area contributed by atoms with Crippen molar-refractivity contribution in [1.29, 1.82) is 0 Å². The molecule has 0 aliphatic heterocycles. The van der Waals surface area contributed by atoms with Crippen LogP contribution in [0, 0.1) is 5.82 Å². The van der Waals surface area contributed by atoms with E-state index in [1.807, 2.05) is 5.32 Å². The number of nitrogens with zero attached hydrogens (tertiary/aromatic N) is 1. The van der Waals surface area contributed by atoms with Crippen molar-refractivity contribution < 1.29 is 23.5 Å². The number of nitrogens with one attached hydrogen (secondary N) is 2. The second-order valence-electron chi connectivity index (χ2n) is 4.91. The first-order valence-corrected chi connectivity index (χ1v) is 7.92. The number of halogens is 3. The Morgan fingerprint density at radius 1 is 1.23 bits per heavy atom. The van der Waals surface area contributed by atoms with Gasteiger partial charge < -0.3 is 14.8 Å². The van der Waals surface area contributed by atoms with E-state index in [1.54, 1.807) is 18.2 Å². The number of aromatic nitrogens is 1. The molecule has 0 unspecified atom stereocenters.